The Morgan fingerprint density at radius 1 is 1.64 bits per heavy atom. The van der Waals surface area contributed by atoms with Gasteiger partial charge in [-0.25, -0.2) is 0 Å². The van der Waals surface area contributed by atoms with E-state index in [2.05, 4.69) is 17.1 Å². The second kappa shape index (κ2) is 4.03. The Morgan fingerprint density at radius 3 is 2.93 bits per heavy atom. The Hall–Kier alpha value is -0.342. The SMILES string of the molecule is CC[C@H]([AsH2])C(O)c1noc(C2CC2)n1. The maximum atomic E-state index is 9.84. The summed E-state index contributed by atoms with van der Waals surface area (Å²) in [5.41, 5.74) is 0. The minimum atomic E-state index is -0.559. The molecule has 2 rings (SSSR count). The molecular formula is C9H15AsN2O2. The number of nitrogens with zero attached hydrogens (tertiary/aromatic N) is 2. The first kappa shape index (κ1) is 10.2. The van der Waals surface area contributed by atoms with E-state index in [1.54, 1.807) is 0 Å². The zero-order chi connectivity index (χ0) is 10.1. The molecular weight excluding hydrogens is 243 g/mol. The van der Waals surface area contributed by atoms with Gasteiger partial charge in [0.15, 0.2) is 0 Å². The van der Waals surface area contributed by atoms with E-state index in [0.717, 1.165) is 19.3 Å². The summed E-state index contributed by atoms with van der Waals surface area (Å²) in [6.07, 6.45) is 2.67. The predicted molar refractivity (Wildman–Crippen MR) is 53.8 cm³/mol. The molecule has 1 aliphatic carbocycles. The first-order valence-electron chi connectivity index (χ1n) is 4.99. The van der Waals surface area contributed by atoms with Crippen molar-refractivity contribution in [2.75, 3.05) is 0 Å². The van der Waals surface area contributed by atoms with Crippen LogP contribution in [0.15, 0.2) is 4.52 Å². The van der Waals surface area contributed by atoms with Crippen LogP contribution in [0.5, 0.6) is 0 Å². The van der Waals surface area contributed by atoms with Crippen LogP contribution in [0.3, 0.4) is 0 Å². The molecule has 1 aromatic rings. The van der Waals surface area contributed by atoms with Crippen molar-refractivity contribution in [2.24, 2.45) is 0 Å². The van der Waals surface area contributed by atoms with E-state index in [4.69, 9.17) is 4.52 Å². The second-order valence-corrected chi connectivity index (χ2v) is 5.58. The molecule has 1 aromatic heterocycles. The molecule has 0 radical (unpaired) electrons. The van der Waals surface area contributed by atoms with E-state index < -0.39 is 6.10 Å². The zero-order valence-electron chi connectivity index (χ0n) is 8.18. The summed E-state index contributed by atoms with van der Waals surface area (Å²) in [6, 6.07) is 0. The normalized spacial score (nSPS) is 20.8. The van der Waals surface area contributed by atoms with Crippen molar-refractivity contribution >= 4 is 16.9 Å². The van der Waals surface area contributed by atoms with E-state index in [9.17, 15) is 5.11 Å². The van der Waals surface area contributed by atoms with E-state index in [-0.39, 0.29) is 4.71 Å². The molecule has 0 bridgehead atoms. The number of hydrogen-bond donors (Lipinski definition) is 1. The van der Waals surface area contributed by atoms with Gasteiger partial charge in [-0.15, -0.1) is 0 Å². The third-order valence-electron chi connectivity index (χ3n) is 2.53. The van der Waals surface area contributed by atoms with Crippen molar-refractivity contribution in [3.8, 4) is 0 Å². The van der Waals surface area contributed by atoms with Crippen LogP contribution in [0.1, 0.15) is 49.9 Å². The summed E-state index contributed by atoms with van der Waals surface area (Å²) in [7, 11) is 0. The Morgan fingerprint density at radius 2 is 2.36 bits per heavy atom. The summed E-state index contributed by atoms with van der Waals surface area (Å²) in [6.45, 7) is 2.05. The minimum absolute atomic E-state index is 0.243. The maximum absolute atomic E-state index is 9.84. The number of aliphatic hydroxyl groups excluding tert-OH is 1. The van der Waals surface area contributed by atoms with Crippen molar-refractivity contribution in [2.45, 2.75) is 42.9 Å². The molecule has 0 aliphatic heterocycles. The molecule has 1 N–H and O–H groups in total. The third-order valence-corrected chi connectivity index (χ3v) is 4.28. The molecule has 1 heterocycles. The van der Waals surface area contributed by atoms with Crippen LogP contribution < -0.4 is 0 Å². The molecule has 4 nitrogen and oxygen atoms in total. The van der Waals surface area contributed by atoms with Crippen molar-refractivity contribution in [3.63, 3.8) is 0 Å². The van der Waals surface area contributed by atoms with Gasteiger partial charge in [-0.05, 0) is 0 Å². The van der Waals surface area contributed by atoms with E-state index in [0.29, 0.717) is 17.6 Å². The molecule has 1 fully saturated rings. The second-order valence-electron chi connectivity index (χ2n) is 3.78. The summed E-state index contributed by atoms with van der Waals surface area (Å²) < 4.78 is 5.33. The number of aliphatic hydroxyl groups is 1. The Bertz CT molecular complexity index is 312. The molecule has 0 aromatic carbocycles. The molecule has 2 unspecified atom stereocenters. The van der Waals surface area contributed by atoms with Gasteiger partial charge in [-0.3, -0.25) is 0 Å². The first-order valence-corrected chi connectivity index (χ1v) is 6.39. The van der Waals surface area contributed by atoms with Gasteiger partial charge in [0.1, 0.15) is 0 Å². The number of hydrogen-bond acceptors (Lipinski definition) is 4. The van der Waals surface area contributed by atoms with Crippen molar-refractivity contribution < 1.29 is 9.63 Å². The van der Waals surface area contributed by atoms with Crippen LogP contribution in [0.4, 0.5) is 0 Å². The summed E-state index contributed by atoms with van der Waals surface area (Å²) >= 11 is 1.52. The van der Waals surface area contributed by atoms with Gasteiger partial charge < -0.3 is 0 Å². The van der Waals surface area contributed by atoms with Gasteiger partial charge in [0, 0.05) is 0 Å². The average Bonchev–Trinajstić information content (AvgIpc) is 2.94. The number of aromatic nitrogens is 2. The first-order chi connectivity index (χ1) is 6.72. The monoisotopic (exact) mass is 258 g/mol. The Kier molecular flexibility index (Phi) is 2.93. The van der Waals surface area contributed by atoms with Gasteiger partial charge in [-0.1, -0.05) is 0 Å². The molecule has 1 saturated carbocycles. The van der Waals surface area contributed by atoms with Crippen LogP contribution in [0, 0.1) is 0 Å². The van der Waals surface area contributed by atoms with Crippen LogP contribution in [0.25, 0.3) is 0 Å². The summed E-state index contributed by atoms with van der Waals surface area (Å²) in [5.74, 6) is 1.63. The van der Waals surface area contributed by atoms with Crippen LogP contribution in [-0.4, -0.2) is 32.1 Å². The van der Waals surface area contributed by atoms with E-state index >= 15 is 0 Å². The standard InChI is InChI=1S/C9H15AsN2O2/c1-2-6(10)7(13)8-11-9(14-12-8)5-3-4-5/h5-7,13H,2-4,10H2,1H3/t6-,7?/m0/s1. The summed E-state index contributed by atoms with van der Waals surface area (Å²) in [4.78, 5) is 4.22. The van der Waals surface area contributed by atoms with Gasteiger partial charge in [0.25, 0.3) is 0 Å². The van der Waals surface area contributed by atoms with Crippen LogP contribution in [0.2, 0.25) is 4.71 Å². The van der Waals surface area contributed by atoms with Crippen molar-refractivity contribution in [1.82, 2.24) is 10.1 Å². The fourth-order valence-electron chi connectivity index (χ4n) is 1.28. The third kappa shape index (κ3) is 2.01. The Balaban J connectivity index is 2.07. The molecule has 5 heteroatoms. The topological polar surface area (TPSA) is 59.2 Å². The van der Waals surface area contributed by atoms with E-state index in [1.165, 1.54) is 16.9 Å². The molecule has 3 atom stereocenters. The fourth-order valence-corrected chi connectivity index (χ4v) is 1.64. The quantitative estimate of drug-likeness (QED) is 0.812. The predicted octanol–water partition coefficient (Wildman–Crippen LogP) is 0.812. The molecule has 0 spiro atoms. The van der Waals surface area contributed by atoms with Gasteiger partial charge in [0.2, 0.25) is 0 Å². The Labute approximate surface area is 91.6 Å². The van der Waals surface area contributed by atoms with Gasteiger partial charge >= 0.3 is 91.3 Å². The van der Waals surface area contributed by atoms with Crippen molar-refractivity contribution in [1.29, 1.82) is 0 Å². The number of rotatable bonds is 4. The fraction of sp³-hybridized carbons (Fsp3) is 0.778. The van der Waals surface area contributed by atoms with Crippen LogP contribution in [-0.2, 0) is 0 Å². The molecule has 0 amide bonds. The van der Waals surface area contributed by atoms with Crippen LogP contribution >= 0.6 is 0 Å². The zero-order valence-corrected chi connectivity index (χ0v) is 10.6. The summed E-state index contributed by atoms with van der Waals surface area (Å²) in [5, 5.41) is 13.7. The molecule has 0 saturated heterocycles. The van der Waals surface area contributed by atoms with Gasteiger partial charge in [-0.2, -0.15) is 0 Å². The van der Waals surface area contributed by atoms with E-state index in [1.807, 2.05) is 0 Å². The van der Waals surface area contributed by atoms with Crippen molar-refractivity contribution in [3.05, 3.63) is 11.7 Å². The molecule has 78 valence electrons. The molecule has 14 heavy (non-hydrogen) atoms. The average molecular weight is 258 g/mol. The van der Waals surface area contributed by atoms with Gasteiger partial charge in [0.05, 0.1) is 0 Å². The molecule has 1 aliphatic rings.